The van der Waals surface area contributed by atoms with E-state index in [1.165, 1.54) is 0 Å². The van der Waals surface area contributed by atoms with Gasteiger partial charge in [-0.1, -0.05) is 27.5 Å². The van der Waals surface area contributed by atoms with E-state index in [0.717, 1.165) is 30.3 Å². The minimum atomic E-state index is -0.496. The van der Waals surface area contributed by atoms with E-state index in [2.05, 4.69) is 26.6 Å². The number of hydrogen-bond acceptors (Lipinski definition) is 2. The second kappa shape index (κ2) is 5.59. The monoisotopic (exact) mass is 330 g/mol. The molecule has 1 aliphatic rings. The van der Waals surface area contributed by atoms with Crippen molar-refractivity contribution in [2.24, 2.45) is 0 Å². The van der Waals surface area contributed by atoms with Crippen LogP contribution in [-0.2, 0) is 4.79 Å². The molecule has 1 aliphatic heterocycles. The average Bonchev–Trinajstić information content (AvgIpc) is 2.35. The van der Waals surface area contributed by atoms with Crippen molar-refractivity contribution in [1.82, 2.24) is 5.32 Å². The first-order valence-corrected chi connectivity index (χ1v) is 7.20. The SMILES string of the molecule is CC1(C(=O)Nc2cc(Br)ccc2Cl)CCCCN1. The number of piperidine rings is 1. The summed E-state index contributed by atoms with van der Waals surface area (Å²) >= 11 is 9.44. The molecule has 0 bridgehead atoms. The summed E-state index contributed by atoms with van der Waals surface area (Å²) in [5, 5.41) is 6.73. The maximum Gasteiger partial charge on any atom is 0.244 e. The van der Waals surface area contributed by atoms with Crippen LogP contribution >= 0.6 is 27.5 Å². The van der Waals surface area contributed by atoms with Gasteiger partial charge in [0.1, 0.15) is 0 Å². The van der Waals surface area contributed by atoms with E-state index in [0.29, 0.717) is 10.7 Å². The van der Waals surface area contributed by atoms with Crippen molar-refractivity contribution in [2.45, 2.75) is 31.7 Å². The fraction of sp³-hybridized carbons (Fsp3) is 0.462. The Morgan fingerprint density at radius 3 is 2.94 bits per heavy atom. The molecule has 2 rings (SSSR count). The molecule has 98 valence electrons. The van der Waals surface area contributed by atoms with Crippen LogP contribution in [0.15, 0.2) is 22.7 Å². The second-order valence-electron chi connectivity index (χ2n) is 4.79. The lowest BCUT2D eigenvalue weighted by Crippen LogP contribution is -2.54. The van der Waals surface area contributed by atoms with Crippen LogP contribution in [0.3, 0.4) is 0 Å². The van der Waals surface area contributed by atoms with Crippen LogP contribution in [0, 0.1) is 0 Å². The van der Waals surface area contributed by atoms with Crippen molar-refractivity contribution in [3.05, 3.63) is 27.7 Å². The summed E-state index contributed by atoms with van der Waals surface area (Å²) < 4.78 is 0.893. The Morgan fingerprint density at radius 1 is 1.50 bits per heavy atom. The summed E-state index contributed by atoms with van der Waals surface area (Å²) in [6.07, 6.45) is 3.05. The van der Waals surface area contributed by atoms with Crippen molar-refractivity contribution in [3.63, 3.8) is 0 Å². The summed E-state index contributed by atoms with van der Waals surface area (Å²) in [5.41, 5.74) is 0.147. The molecule has 3 nitrogen and oxygen atoms in total. The van der Waals surface area contributed by atoms with Gasteiger partial charge in [0, 0.05) is 4.47 Å². The summed E-state index contributed by atoms with van der Waals surface area (Å²) in [6.45, 7) is 2.82. The third-order valence-corrected chi connectivity index (χ3v) is 4.12. The van der Waals surface area contributed by atoms with Crippen LogP contribution in [0.25, 0.3) is 0 Å². The third kappa shape index (κ3) is 3.05. The maximum atomic E-state index is 12.3. The molecule has 0 aromatic heterocycles. The maximum absolute atomic E-state index is 12.3. The minimum absolute atomic E-state index is 0.0257. The number of amides is 1. The smallest absolute Gasteiger partial charge is 0.244 e. The molecule has 0 aliphatic carbocycles. The lowest BCUT2D eigenvalue weighted by atomic mass is 9.90. The van der Waals surface area contributed by atoms with E-state index in [-0.39, 0.29) is 5.91 Å². The Labute approximate surface area is 120 Å². The lowest BCUT2D eigenvalue weighted by molar-refractivity contribution is -0.122. The molecule has 1 unspecified atom stereocenters. The van der Waals surface area contributed by atoms with Gasteiger partial charge < -0.3 is 10.6 Å². The van der Waals surface area contributed by atoms with Crippen LogP contribution in [-0.4, -0.2) is 18.0 Å². The summed E-state index contributed by atoms with van der Waals surface area (Å²) in [4.78, 5) is 12.3. The number of hydrogen-bond donors (Lipinski definition) is 2. The molecule has 1 heterocycles. The number of rotatable bonds is 2. The summed E-state index contributed by atoms with van der Waals surface area (Å²) in [5.74, 6) is -0.0257. The number of nitrogens with one attached hydrogen (secondary N) is 2. The second-order valence-corrected chi connectivity index (χ2v) is 6.12. The predicted molar refractivity (Wildman–Crippen MR) is 78.0 cm³/mol. The van der Waals surface area contributed by atoms with E-state index in [4.69, 9.17) is 11.6 Å². The molecular formula is C13H16BrClN2O. The van der Waals surface area contributed by atoms with E-state index in [1.807, 2.05) is 19.1 Å². The first-order valence-electron chi connectivity index (χ1n) is 6.03. The van der Waals surface area contributed by atoms with Crippen LogP contribution in [0.4, 0.5) is 5.69 Å². The van der Waals surface area contributed by atoms with Crippen LogP contribution in [0.1, 0.15) is 26.2 Å². The Hall–Kier alpha value is -0.580. The molecule has 5 heteroatoms. The molecule has 0 radical (unpaired) electrons. The third-order valence-electron chi connectivity index (χ3n) is 3.30. The number of benzene rings is 1. The Kier molecular flexibility index (Phi) is 4.30. The highest BCUT2D eigenvalue weighted by Crippen LogP contribution is 2.27. The van der Waals surface area contributed by atoms with Crippen molar-refractivity contribution >= 4 is 39.1 Å². The Bertz CT molecular complexity index is 458. The predicted octanol–water partition coefficient (Wildman–Crippen LogP) is 3.57. The first kappa shape index (κ1) is 13.8. The van der Waals surface area contributed by atoms with Gasteiger partial charge in [-0.15, -0.1) is 0 Å². The zero-order valence-electron chi connectivity index (χ0n) is 10.2. The zero-order chi connectivity index (χ0) is 13.2. The highest BCUT2D eigenvalue weighted by atomic mass is 79.9. The van der Waals surface area contributed by atoms with Crippen LogP contribution < -0.4 is 10.6 Å². The molecule has 1 aromatic rings. The molecule has 2 N–H and O–H groups in total. The lowest BCUT2D eigenvalue weighted by Gasteiger charge is -2.33. The molecule has 0 saturated carbocycles. The first-order chi connectivity index (χ1) is 8.51. The average molecular weight is 332 g/mol. The van der Waals surface area contributed by atoms with Crippen molar-refractivity contribution in [3.8, 4) is 0 Å². The number of anilines is 1. The topological polar surface area (TPSA) is 41.1 Å². The molecule has 1 aromatic carbocycles. The molecule has 1 fully saturated rings. The van der Waals surface area contributed by atoms with Gasteiger partial charge in [0.2, 0.25) is 5.91 Å². The van der Waals surface area contributed by atoms with Gasteiger partial charge in [0.15, 0.2) is 0 Å². The van der Waals surface area contributed by atoms with Gasteiger partial charge in [0.05, 0.1) is 16.2 Å². The molecule has 1 saturated heterocycles. The van der Waals surface area contributed by atoms with Crippen LogP contribution in [0.2, 0.25) is 5.02 Å². The highest BCUT2D eigenvalue weighted by molar-refractivity contribution is 9.10. The van der Waals surface area contributed by atoms with Gasteiger partial charge in [-0.3, -0.25) is 4.79 Å². The zero-order valence-corrected chi connectivity index (χ0v) is 12.6. The summed E-state index contributed by atoms with van der Waals surface area (Å²) in [6, 6.07) is 5.42. The number of carbonyl (C=O) groups excluding carboxylic acids is 1. The van der Waals surface area contributed by atoms with Gasteiger partial charge in [-0.05, 0) is 50.9 Å². The molecule has 0 spiro atoms. The van der Waals surface area contributed by atoms with Gasteiger partial charge in [-0.2, -0.15) is 0 Å². The van der Waals surface area contributed by atoms with E-state index < -0.39 is 5.54 Å². The molecule has 1 atom stereocenters. The van der Waals surface area contributed by atoms with Crippen molar-refractivity contribution < 1.29 is 4.79 Å². The normalized spacial score (nSPS) is 23.7. The van der Waals surface area contributed by atoms with E-state index >= 15 is 0 Å². The number of halogens is 2. The van der Waals surface area contributed by atoms with Crippen molar-refractivity contribution in [1.29, 1.82) is 0 Å². The van der Waals surface area contributed by atoms with E-state index in [1.54, 1.807) is 6.07 Å². The van der Waals surface area contributed by atoms with Crippen molar-refractivity contribution in [2.75, 3.05) is 11.9 Å². The molecular weight excluding hydrogens is 316 g/mol. The number of carbonyl (C=O) groups is 1. The fourth-order valence-corrected chi connectivity index (χ4v) is 2.63. The fourth-order valence-electron chi connectivity index (χ4n) is 2.10. The quantitative estimate of drug-likeness (QED) is 0.870. The summed E-state index contributed by atoms with van der Waals surface area (Å²) in [7, 11) is 0. The van der Waals surface area contributed by atoms with E-state index in [9.17, 15) is 4.79 Å². The highest BCUT2D eigenvalue weighted by Gasteiger charge is 2.34. The molecule has 18 heavy (non-hydrogen) atoms. The Balaban J connectivity index is 2.13. The standard InChI is InChI=1S/C13H16BrClN2O/c1-13(6-2-3-7-16-13)12(18)17-11-8-9(14)4-5-10(11)15/h4-5,8,16H,2-3,6-7H2,1H3,(H,17,18). The van der Waals surface area contributed by atoms with Crippen LogP contribution in [0.5, 0.6) is 0 Å². The Morgan fingerprint density at radius 2 is 2.28 bits per heavy atom. The molecule has 1 amide bonds. The van der Waals surface area contributed by atoms with Gasteiger partial charge >= 0.3 is 0 Å². The minimum Gasteiger partial charge on any atom is -0.323 e. The largest absolute Gasteiger partial charge is 0.323 e. The van der Waals surface area contributed by atoms with Gasteiger partial charge in [0.25, 0.3) is 0 Å². The van der Waals surface area contributed by atoms with Gasteiger partial charge in [-0.25, -0.2) is 0 Å².